The molecule has 0 aliphatic rings. The highest BCUT2D eigenvalue weighted by Crippen LogP contribution is 2.18. The van der Waals surface area contributed by atoms with Crippen LogP contribution in [0.1, 0.15) is 41.3 Å². The zero-order chi connectivity index (χ0) is 12.0. The third kappa shape index (κ3) is 3.89. The van der Waals surface area contributed by atoms with Crippen LogP contribution in [-0.4, -0.2) is 16.8 Å². The first-order valence-electron chi connectivity index (χ1n) is 5.55. The Kier molecular flexibility index (Phi) is 5.39. The molecule has 1 aromatic carbocycles. The molecule has 0 fully saturated rings. The van der Waals surface area contributed by atoms with Gasteiger partial charge in [-0.3, -0.25) is 0 Å². The van der Waals surface area contributed by atoms with Gasteiger partial charge in [0.1, 0.15) is 0 Å². The Morgan fingerprint density at radius 1 is 1.44 bits per heavy atom. The van der Waals surface area contributed by atoms with Gasteiger partial charge >= 0.3 is 5.97 Å². The number of unbranched alkanes of at least 4 members (excludes halogenated alkanes) is 1. The minimum absolute atomic E-state index is 0.375. The van der Waals surface area contributed by atoms with E-state index in [2.05, 4.69) is 6.92 Å². The van der Waals surface area contributed by atoms with E-state index in [0.717, 1.165) is 11.3 Å². The van der Waals surface area contributed by atoms with Crippen LogP contribution < -0.4 is 0 Å². The molecule has 0 amide bonds. The fourth-order valence-electron chi connectivity index (χ4n) is 1.42. The standard InChI is InChI=1S/C13H18O2S/c1-3-4-7-16-9-12-6-5-11(13(14)15)8-10(12)2/h5-6,8H,3-4,7,9H2,1-2H3,(H,14,15). The Labute approximate surface area is 101 Å². The van der Waals surface area contributed by atoms with Crippen LogP contribution in [-0.2, 0) is 5.75 Å². The lowest BCUT2D eigenvalue weighted by atomic mass is 10.1. The van der Waals surface area contributed by atoms with Crippen molar-refractivity contribution in [2.75, 3.05) is 5.75 Å². The number of benzene rings is 1. The first kappa shape index (κ1) is 13.1. The second-order valence-electron chi connectivity index (χ2n) is 3.85. The minimum Gasteiger partial charge on any atom is -0.478 e. The Bertz CT molecular complexity index is 361. The number of carboxylic acid groups (broad SMARTS) is 1. The number of carbonyl (C=O) groups is 1. The molecule has 0 heterocycles. The largest absolute Gasteiger partial charge is 0.478 e. The lowest BCUT2D eigenvalue weighted by Gasteiger charge is -2.06. The van der Waals surface area contributed by atoms with Gasteiger partial charge in [0.05, 0.1) is 5.56 Å². The van der Waals surface area contributed by atoms with Crippen molar-refractivity contribution in [1.82, 2.24) is 0 Å². The zero-order valence-corrected chi connectivity index (χ0v) is 10.6. The second-order valence-corrected chi connectivity index (χ2v) is 4.96. The van der Waals surface area contributed by atoms with Crippen molar-refractivity contribution in [1.29, 1.82) is 0 Å². The van der Waals surface area contributed by atoms with Crippen LogP contribution in [0.15, 0.2) is 18.2 Å². The Morgan fingerprint density at radius 3 is 2.75 bits per heavy atom. The highest BCUT2D eigenvalue weighted by atomic mass is 32.2. The third-order valence-electron chi connectivity index (χ3n) is 2.49. The van der Waals surface area contributed by atoms with Gasteiger partial charge in [-0.25, -0.2) is 4.79 Å². The number of hydrogen-bond acceptors (Lipinski definition) is 2. The quantitative estimate of drug-likeness (QED) is 0.767. The summed E-state index contributed by atoms with van der Waals surface area (Å²) in [4.78, 5) is 10.8. The first-order valence-corrected chi connectivity index (χ1v) is 6.71. The molecule has 16 heavy (non-hydrogen) atoms. The van der Waals surface area contributed by atoms with E-state index in [1.165, 1.54) is 24.2 Å². The number of thioether (sulfide) groups is 1. The molecule has 0 spiro atoms. The van der Waals surface area contributed by atoms with Crippen LogP contribution in [0, 0.1) is 6.92 Å². The summed E-state index contributed by atoms with van der Waals surface area (Å²) >= 11 is 1.91. The number of carboxylic acids is 1. The van der Waals surface area contributed by atoms with E-state index < -0.39 is 5.97 Å². The van der Waals surface area contributed by atoms with E-state index >= 15 is 0 Å². The van der Waals surface area contributed by atoms with E-state index in [1.54, 1.807) is 12.1 Å². The molecule has 0 saturated heterocycles. The van der Waals surface area contributed by atoms with Crippen LogP contribution in [0.5, 0.6) is 0 Å². The van der Waals surface area contributed by atoms with Crippen LogP contribution >= 0.6 is 11.8 Å². The molecule has 0 aliphatic carbocycles. The van der Waals surface area contributed by atoms with Gasteiger partial charge in [-0.05, 0) is 42.4 Å². The number of aromatic carboxylic acids is 1. The molecule has 0 bridgehead atoms. The van der Waals surface area contributed by atoms with Crippen molar-refractivity contribution in [3.8, 4) is 0 Å². The number of aryl methyl sites for hydroxylation is 1. The van der Waals surface area contributed by atoms with E-state index in [1.807, 2.05) is 24.8 Å². The lowest BCUT2D eigenvalue weighted by molar-refractivity contribution is 0.0697. The minimum atomic E-state index is -0.853. The van der Waals surface area contributed by atoms with E-state index in [-0.39, 0.29) is 0 Å². The fourth-order valence-corrected chi connectivity index (χ4v) is 2.60. The smallest absolute Gasteiger partial charge is 0.335 e. The molecule has 1 N–H and O–H groups in total. The van der Waals surface area contributed by atoms with Gasteiger partial charge in [-0.15, -0.1) is 0 Å². The Balaban J connectivity index is 2.57. The molecular formula is C13H18O2S. The van der Waals surface area contributed by atoms with Crippen LogP contribution in [0.2, 0.25) is 0 Å². The van der Waals surface area contributed by atoms with E-state index in [0.29, 0.717) is 5.56 Å². The Morgan fingerprint density at radius 2 is 2.19 bits per heavy atom. The summed E-state index contributed by atoms with van der Waals surface area (Å²) in [5.41, 5.74) is 2.69. The number of rotatable bonds is 6. The maximum atomic E-state index is 10.8. The van der Waals surface area contributed by atoms with Crippen molar-refractivity contribution in [3.05, 3.63) is 34.9 Å². The molecule has 1 aromatic rings. The van der Waals surface area contributed by atoms with Crippen LogP contribution in [0.4, 0.5) is 0 Å². The molecule has 0 aromatic heterocycles. The van der Waals surface area contributed by atoms with Crippen molar-refractivity contribution in [3.63, 3.8) is 0 Å². The third-order valence-corrected chi connectivity index (χ3v) is 3.58. The summed E-state index contributed by atoms with van der Waals surface area (Å²) in [5.74, 6) is 1.30. The van der Waals surface area contributed by atoms with Gasteiger partial charge in [0.15, 0.2) is 0 Å². The maximum absolute atomic E-state index is 10.8. The average Bonchev–Trinajstić information content (AvgIpc) is 2.26. The normalized spacial score (nSPS) is 10.4. The lowest BCUT2D eigenvalue weighted by Crippen LogP contribution is -1.98. The molecular weight excluding hydrogens is 220 g/mol. The van der Waals surface area contributed by atoms with E-state index in [4.69, 9.17) is 5.11 Å². The Hall–Kier alpha value is -0.960. The van der Waals surface area contributed by atoms with Crippen LogP contribution in [0.25, 0.3) is 0 Å². The molecule has 2 nitrogen and oxygen atoms in total. The van der Waals surface area contributed by atoms with Gasteiger partial charge in [0.25, 0.3) is 0 Å². The zero-order valence-electron chi connectivity index (χ0n) is 9.82. The second kappa shape index (κ2) is 6.59. The number of hydrogen-bond donors (Lipinski definition) is 1. The van der Waals surface area contributed by atoms with Crippen molar-refractivity contribution < 1.29 is 9.90 Å². The topological polar surface area (TPSA) is 37.3 Å². The molecule has 3 heteroatoms. The highest BCUT2D eigenvalue weighted by Gasteiger charge is 2.05. The average molecular weight is 238 g/mol. The predicted octanol–water partition coefficient (Wildman–Crippen LogP) is 3.73. The maximum Gasteiger partial charge on any atom is 0.335 e. The van der Waals surface area contributed by atoms with Crippen molar-refractivity contribution in [2.45, 2.75) is 32.4 Å². The SMILES string of the molecule is CCCCSCc1ccc(C(=O)O)cc1C. The van der Waals surface area contributed by atoms with Gasteiger partial charge in [0.2, 0.25) is 0 Å². The molecule has 1 rings (SSSR count). The van der Waals surface area contributed by atoms with Gasteiger partial charge in [0, 0.05) is 5.75 Å². The van der Waals surface area contributed by atoms with E-state index in [9.17, 15) is 4.79 Å². The predicted molar refractivity (Wildman–Crippen MR) is 69.2 cm³/mol. The molecule has 0 radical (unpaired) electrons. The van der Waals surface area contributed by atoms with Crippen LogP contribution in [0.3, 0.4) is 0 Å². The summed E-state index contributed by atoms with van der Waals surface area (Å²) < 4.78 is 0. The monoisotopic (exact) mass is 238 g/mol. The molecule has 0 atom stereocenters. The first-order chi connectivity index (χ1) is 7.65. The highest BCUT2D eigenvalue weighted by molar-refractivity contribution is 7.98. The van der Waals surface area contributed by atoms with Crippen molar-refractivity contribution in [2.24, 2.45) is 0 Å². The molecule has 0 saturated carbocycles. The van der Waals surface area contributed by atoms with Crippen molar-refractivity contribution >= 4 is 17.7 Å². The van der Waals surface area contributed by atoms with Gasteiger partial charge < -0.3 is 5.11 Å². The van der Waals surface area contributed by atoms with Gasteiger partial charge in [-0.1, -0.05) is 19.4 Å². The summed E-state index contributed by atoms with van der Waals surface area (Å²) in [7, 11) is 0. The summed E-state index contributed by atoms with van der Waals surface area (Å²) in [6.45, 7) is 4.16. The molecule has 0 unspecified atom stereocenters. The summed E-state index contributed by atoms with van der Waals surface area (Å²) in [6.07, 6.45) is 2.47. The molecule has 88 valence electrons. The summed E-state index contributed by atoms with van der Waals surface area (Å²) in [6, 6.07) is 5.36. The molecule has 0 aliphatic heterocycles. The van der Waals surface area contributed by atoms with Gasteiger partial charge in [-0.2, -0.15) is 11.8 Å². The fraction of sp³-hybridized carbons (Fsp3) is 0.462. The summed E-state index contributed by atoms with van der Waals surface area (Å²) in [5, 5.41) is 8.84.